The minimum atomic E-state index is -0.118. The quantitative estimate of drug-likeness (QED) is 0.774. The van der Waals surface area contributed by atoms with E-state index in [1.54, 1.807) is 0 Å². The van der Waals surface area contributed by atoms with Gasteiger partial charge in [-0.3, -0.25) is 0 Å². The molecule has 3 heteroatoms. The van der Waals surface area contributed by atoms with E-state index >= 15 is 0 Å². The highest BCUT2D eigenvalue weighted by atomic mass is 16.5. The van der Waals surface area contributed by atoms with Crippen molar-refractivity contribution in [3.8, 4) is 5.75 Å². The van der Waals surface area contributed by atoms with Gasteiger partial charge in [0.15, 0.2) is 0 Å². The van der Waals surface area contributed by atoms with E-state index < -0.39 is 0 Å². The van der Waals surface area contributed by atoms with Crippen LogP contribution >= 0.6 is 0 Å². The van der Waals surface area contributed by atoms with Crippen molar-refractivity contribution in [1.82, 2.24) is 5.32 Å². The minimum Gasteiger partial charge on any atom is -0.491 e. The first-order chi connectivity index (χ1) is 9.81. The molecule has 0 fully saturated rings. The summed E-state index contributed by atoms with van der Waals surface area (Å²) >= 11 is 0. The molecule has 0 spiro atoms. The smallest absolute Gasteiger partial charge is 0.119 e. The van der Waals surface area contributed by atoms with E-state index in [2.05, 4.69) is 45.1 Å². The molecule has 0 aliphatic carbocycles. The summed E-state index contributed by atoms with van der Waals surface area (Å²) in [5, 5.41) is 3.55. The van der Waals surface area contributed by atoms with Crippen LogP contribution in [0.15, 0.2) is 24.3 Å². The fourth-order valence-electron chi connectivity index (χ4n) is 1.98. The molecule has 0 aliphatic heterocycles. The number of hydrogen-bond acceptors (Lipinski definition) is 3. The maximum atomic E-state index is 5.94. The summed E-state index contributed by atoms with van der Waals surface area (Å²) in [5.41, 5.74) is 1.12. The van der Waals surface area contributed by atoms with Gasteiger partial charge in [0.25, 0.3) is 0 Å². The first-order valence-electron chi connectivity index (χ1n) is 7.95. The molecule has 0 heterocycles. The molecule has 1 rings (SSSR count). The third-order valence-corrected chi connectivity index (χ3v) is 2.98. The summed E-state index contributed by atoms with van der Waals surface area (Å²) in [7, 11) is 0. The largest absolute Gasteiger partial charge is 0.491 e. The standard InChI is InChI=1S/C18H31NO2/c1-7-12-19-17(13-20-18(4,5)6)15-8-10-16(11-9-15)21-14(2)3/h8-11,14,17,19H,7,12-13H2,1-6H3. The van der Waals surface area contributed by atoms with E-state index in [1.165, 1.54) is 5.56 Å². The first kappa shape index (κ1) is 18.0. The van der Waals surface area contributed by atoms with Crippen LogP contribution in [-0.2, 0) is 4.74 Å². The molecule has 1 unspecified atom stereocenters. The Balaban J connectivity index is 2.72. The summed E-state index contributed by atoms with van der Waals surface area (Å²) in [6.45, 7) is 14.2. The van der Waals surface area contributed by atoms with Gasteiger partial charge in [0.1, 0.15) is 5.75 Å². The van der Waals surface area contributed by atoms with Gasteiger partial charge in [-0.15, -0.1) is 0 Å². The van der Waals surface area contributed by atoms with Crippen LogP contribution in [0.5, 0.6) is 5.75 Å². The van der Waals surface area contributed by atoms with E-state index in [4.69, 9.17) is 9.47 Å². The molecule has 120 valence electrons. The molecule has 1 N–H and O–H groups in total. The first-order valence-corrected chi connectivity index (χ1v) is 7.95. The number of ether oxygens (including phenoxy) is 2. The van der Waals surface area contributed by atoms with Gasteiger partial charge in [0.2, 0.25) is 0 Å². The van der Waals surface area contributed by atoms with Gasteiger partial charge in [0, 0.05) is 0 Å². The third-order valence-electron chi connectivity index (χ3n) is 2.98. The molecule has 1 aromatic rings. The van der Waals surface area contributed by atoms with E-state index in [1.807, 2.05) is 26.0 Å². The molecule has 21 heavy (non-hydrogen) atoms. The van der Waals surface area contributed by atoms with Crippen LogP contribution in [-0.4, -0.2) is 24.9 Å². The Kier molecular flexibility index (Phi) is 7.20. The van der Waals surface area contributed by atoms with Crippen LogP contribution in [0, 0.1) is 0 Å². The van der Waals surface area contributed by atoms with Gasteiger partial charge in [-0.05, 0) is 65.3 Å². The molecule has 1 atom stereocenters. The van der Waals surface area contributed by atoms with E-state index in [9.17, 15) is 0 Å². The van der Waals surface area contributed by atoms with Crippen molar-refractivity contribution < 1.29 is 9.47 Å². The van der Waals surface area contributed by atoms with Crippen molar-refractivity contribution >= 4 is 0 Å². The Morgan fingerprint density at radius 1 is 1.10 bits per heavy atom. The Hall–Kier alpha value is -1.06. The highest BCUT2D eigenvalue weighted by Gasteiger charge is 2.16. The summed E-state index contributed by atoms with van der Waals surface area (Å²) in [6.07, 6.45) is 1.31. The highest BCUT2D eigenvalue weighted by Crippen LogP contribution is 2.21. The molecule has 0 amide bonds. The maximum absolute atomic E-state index is 5.94. The van der Waals surface area contributed by atoms with E-state index in [-0.39, 0.29) is 17.7 Å². The predicted octanol–water partition coefficient (Wildman–Crippen LogP) is 4.33. The Morgan fingerprint density at radius 2 is 1.71 bits per heavy atom. The zero-order valence-corrected chi connectivity index (χ0v) is 14.4. The Morgan fingerprint density at radius 3 is 2.19 bits per heavy atom. The van der Waals surface area contributed by atoms with Gasteiger partial charge in [-0.25, -0.2) is 0 Å². The molecule has 3 nitrogen and oxygen atoms in total. The van der Waals surface area contributed by atoms with Crippen molar-refractivity contribution in [2.45, 2.75) is 65.7 Å². The topological polar surface area (TPSA) is 30.5 Å². The van der Waals surface area contributed by atoms with Crippen LogP contribution < -0.4 is 10.1 Å². The second-order valence-corrected chi connectivity index (χ2v) is 6.67. The second kappa shape index (κ2) is 8.40. The van der Waals surface area contributed by atoms with Crippen molar-refractivity contribution in [2.75, 3.05) is 13.2 Å². The van der Waals surface area contributed by atoms with Crippen LogP contribution in [0.2, 0.25) is 0 Å². The Bertz CT molecular complexity index is 393. The number of benzene rings is 1. The molecule has 0 bridgehead atoms. The zero-order chi connectivity index (χ0) is 15.9. The predicted molar refractivity (Wildman–Crippen MR) is 88.9 cm³/mol. The second-order valence-electron chi connectivity index (χ2n) is 6.67. The van der Waals surface area contributed by atoms with Crippen LogP contribution in [0.1, 0.15) is 59.6 Å². The summed E-state index contributed by atoms with van der Waals surface area (Å²) in [6, 6.07) is 8.53. The van der Waals surface area contributed by atoms with Crippen molar-refractivity contribution in [3.63, 3.8) is 0 Å². The van der Waals surface area contributed by atoms with E-state index in [0.717, 1.165) is 18.7 Å². The van der Waals surface area contributed by atoms with Gasteiger partial charge < -0.3 is 14.8 Å². The molecular weight excluding hydrogens is 262 g/mol. The maximum Gasteiger partial charge on any atom is 0.119 e. The molecule has 0 saturated heterocycles. The summed E-state index contributed by atoms with van der Waals surface area (Å²) in [5.74, 6) is 0.916. The number of hydrogen-bond donors (Lipinski definition) is 1. The molecule has 0 radical (unpaired) electrons. The molecule has 0 aliphatic rings. The minimum absolute atomic E-state index is 0.118. The zero-order valence-electron chi connectivity index (χ0n) is 14.4. The van der Waals surface area contributed by atoms with Gasteiger partial charge >= 0.3 is 0 Å². The lowest BCUT2D eigenvalue weighted by Crippen LogP contribution is -2.30. The molecule has 0 aromatic heterocycles. The van der Waals surface area contributed by atoms with Gasteiger partial charge in [0.05, 0.1) is 24.4 Å². The third kappa shape index (κ3) is 7.49. The van der Waals surface area contributed by atoms with Crippen molar-refractivity contribution in [2.24, 2.45) is 0 Å². The van der Waals surface area contributed by atoms with Crippen molar-refractivity contribution in [3.05, 3.63) is 29.8 Å². The number of rotatable bonds is 8. The lowest BCUT2D eigenvalue weighted by Gasteiger charge is -2.25. The average molecular weight is 293 g/mol. The fourth-order valence-corrected chi connectivity index (χ4v) is 1.98. The van der Waals surface area contributed by atoms with E-state index in [0.29, 0.717) is 6.61 Å². The summed E-state index contributed by atoms with van der Waals surface area (Å²) in [4.78, 5) is 0. The normalized spacial score (nSPS) is 13.5. The lowest BCUT2D eigenvalue weighted by molar-refractivity contribution is -0.0147. The molecular formula is C18H31NO2. The van der Waals surface area contributed by atoms with Crippen molar-refractivity contribution in [1.29, 1.82) is 0 Å². The summed E-state index contributed by atoms with van der Waals surface area (Å²) < 4.78 is 11.6. The fraction of sp³-hybridized carbons (Fsp3) is 0.667. The van der Waals surface area contributed by atoms with Gasteiger partial charge in [-0.1, -0.05) is 19.1 Å². The van der Waals surface area contributed by atoms with Crippen LogP contribution in [0.25, 0.3) is 0 Å². The van der Waals surface area contributed by atoms with Gasteiger partial charge in [-0.2, -0.15) is 0 Å². The molecule has 1 aromatic carbocycles. The SMILES string of the molecule is CCCNC(COC(C)(C)C)c1ccc(OC(C)C)cc1. The number of nitrogens with one attached hydrogen (secondary N) is 1. The van der Waals surface area contributed by atoms with Crippen LogP contribution in [0.3, 0.4) is 0 Å². The van der Waals surface area contributed by atoms with Crippen LogP contribution in [0.4, 0.5) is 0 Å². The Labute approximate surface area is 130 Å². The highest BCUT2D eigenvalue weighted by molar-refractivity contribution is 5.29. The monoisotopic (exact) mass is 293 g/mol. The molecule has 0 saturated carbocycles. The average Bonchev–Trinajstić information content (AvgIpc) is 2.38. The lowest BCUT2D eigenvalue weighted by atomic mass is 10.1.